The van der Waals surface area contributed by atoms with Gasteiger partial charge in [0.2, 0.25) is 11.8 Å². The van der Waals surface area contributed by atoms with Crippen LogP contribution in [0.5, 0.6) is 23.5 Å². The van der Waals surface area contributed by atoms with Crippen LogP contribution in [0.3, 0.4) is 0 Å². The number of nitrogens with zero attached hydrogens (tertiary/aromatic N) is 2. The third-order valence-corrected chi connectivity index (χ3v) is 2.83. The normalized spacial score (nSPS) is 10.3. The molecule has 0 spiro atoms. The molecule has 0 radical (unpaired) electrons. The maximum absolute atomic E-state index is 12.2. The van der Waals surface area contributed by atoms with E-state index in [1.54, 1.807) is 24.3 Å². The summed E-state index contributed by atoms with van der Waals surface area (Å²) < 4.78 is 15.8. The Labute approximate surface area is 134 Å². The van der Waals surface area contributed by atoms with Crippen molar-refractivity contribution in [3.8, 4) is 23.5 Å². The number of para-hydroxylation sites is 1. The summed E-state index contributed by atoms with van der Waals surface area (Å²) in [6.07, 6.45) is 0. The Kier molecular flexibility index (Phi) is 5.35. The minimum atomic E-state index is -0.231. The van der Waals surface area contributed by atoms with Crippen LogP contribution in [0.15, 0.2) is 30.3 Å². The Balaban J connectivity index is 2.32. The van der Waals surface area contributed by atoms with Gasteiger partial charge < -0.3 is 19.5 Å². The lowest BCUT2D eigenvalue weighted by Gasteiger charge is -2.12. The molecule has 2 rings (SSSR count). The van der Waals surface area contributed by atoms with E-state index in [9.17, 15) is 4.79 Å². The van der Waals surface area contributed by atoms with Gasteiger partial charge in [0.15, 0.2) is 0 Å². The highest BCUT2D eigenvalue weighted by molar-refractivity contribution is 5.97. The van der Waals surface area contributed by atoms with Crippen LogP contribution >= 0.6 is 0 Å². The van der Waals surface area contributed by atoms with Crippen molar-refractivity contribution < 1.29 is 19.0 Å². The fourth-order valence-corrected chi connectivity index (χ4v) is 1.82. The molecular weight excluding hydrogens is 298 g/mol. The van der Waals surface area contributed by atoms with Gasteiger partial charge in [-0.05, 0) is 26.0 Å². The molecule has 1 aromatic carbocycles. The Hall–Kier alpha value is -2.83. The van der Waals surface area contributed by atoms with E-state index in [0.717, 1.165) is 0 Å². The summed E-state index contributed by atoms with van der Waals surface area (Å²) in [5.74, 6) is 0.721. The number of methoxy groups -OCH3 is 2. The molecule has 0 atom stereocenters. The van der Waals surface area contributed by atoms with Gasteiger partial charge >= 0.3 is 6.01 Å². The lowest BCUT2D eigenvalue weighted by atomic mass is 10.2. The molecule has 0 saturated carbocycles. The highest BCUT2D eigenvalue weighted by atomic mass is 16.5. The summed E-state index contributed by atoms with van der Waals surface area (Å²) in [5.41, 5.74) is 0.395. The predicted octanol–water partition coefficient (Wildman–Crippen LogP) is 2.42. The molecule has 1 amide bonds. The topological polar surface area (TPSA) is 82.6 Å². The zero-order chi connectivity index (χ0) is 16.8. The summed E-state index contributed by atoms with van der Waals surface area (Å²) in [5, 5.41) is 2.82. The minimum Gasteiger partial charge on any atom is -0.481 e. The highest BCUT2D eigenvalue weighted by Gasteiger charge is 2.15. The summed E-state index contributed by atoms with van der Waals surface area (Å²) >= 11 is 0. The zero-order valence-electron chi connectivity index (χ0n) is 13.5. The first-order valence-electron chi connectivity index (χ1n) is 7.08. The van der Waals surface area contributed by atoms with Crippen molar-refractivity contribution >= 4 is 5.91 Å². The third kappa shape index (κ3) is 4.32. The van der Waals surface area contributed by atoms with Gasteiger partial charge in [-0.2, -0.15) is 9.97 Å². The average molecular weight is 317 g/mol. The standard InChI is InChI=1S/C16H19N3O4/c1-10(2)17-15(20)11-7-5-6-8-12(11)23-16-18-13(21-3)9-14(19-16)22-4/h5-10H,1-4H3,(H,17,20). The first kappa shape index (κ1) is 16.5. The molecule has 122 valence electrons. The SMILES string of the molecule is COc1cc(OC)nc(Oc2ccccc2C(=O)NC(C)C)n1. The van der Waals surface area contributed by atoms with Crippen molar-refractivity contribution in [2.45, 2.75) is 19.9 Å². The van der Waals surface area contributed by atoms with E-state index in [1.165, 1.54) is 20.3 Å². The Bertz CT molecular complexity index is 667. The lowest BCUT2D eigenvalue weighted by molar-refractivity contribution is 0.0940. The minimum absolute atomic E-state index is 0.0173. The molecule has 0 aliphatic rings. The van der Waals surface area contributed by atoms with Crippen LogP contribution in [0, 0.1) is 0 Å². The van der Waals surface area contributed by atoms with Crippen molar-refractivity contribution in [1.82, 2.24) is 15.3 Å². The maximum atomic E-state index is 12.2. The van der Waals surface area contributed by atoms with Gasteiger partial charge in [-0.1, -0.05) is 12.1 Å². The molecule has 2 aromatic rings. The molecule has 23 heavy (non-hydrogen) atoms. The summed E-state index contributed by atoms with van der Waals surface area (Å²) in [6.45, 7) is 3.77. The first-order valence-corrected chi connectivity index (χ1v) is 7.08. The monoisotopic (exact) mass is 317 g/mol. The first-order chi connectivity index (χ1) is 11.0. The fraction of sp³-hybridized carbons (Fsp3) is 0.312. The number of aromatic nitrogens is 2. The second-order valence-corrected chi connectivity index (χ2v) is 4.96. The van der Waals surface area contributed by atoms with Crippen LogP contribution in [0.4, 0.5) is 0 Å². The van der Waals surface area contributed by atoms with Crippen LogP contribution < -0.4 is 19.5 Å². The van der Waals surface area contributed by atoms with Gasteiger partial charge in [0.05, 0.1) is 25.8 Å². The number of carbonyl (C=O) groups excluding carboxylic acids is 1. The number of rotatable bonds is 6. The fourth-order valence-electron chi connectivity index (χ4n) is 1.82. The number of carbonyl (C=O) groups is 1. The summed E-state index contributed by atoms with van der Waals surface area (Å²) in [7, 11) is 2.96. The zero-order valence-corrected chi connectivity index (χ0v) is 13.5. The van der Waals surface area contributed by atoms with Gasteiger partial charge in [0, 0.05) is 6.04 Å². The van der Waals surface area contributed by atoms with Crippen LogP contribution in [0.25, 0.3) is 0 Å². The molecule has 1 aromatic heterocycles. The largest absolute Gasteiger partial charge is 0.481 e. The second-order valence-electron chi connectivity index (χ2n) is 4.96. The molecule has 1 N–H and O–H groups in total. The van der Waals surface area contributed by atoms with Crippen LogP contribution in [0.1, 0.15) is 24.2 Å². The van der Waals surface area contributed by atoms with E-state index < -0.39 is 0 Å². The molecule has 0 unspecified atom stereocenters. The number of amides is 1. The van der Waals surface area contributed by atoms with Gasteiger partial charge in [-0.25, -0.2) is 0 Å². The van der Waals surface area contributed by atoms with Crippen molar-refractivity contribution in [2.75, 3.05) is 14.2 Å². The van der Waals surface area contributed by atoms with E-state index in [-0.39, 0.29) is 18.0 Å². The van der Waals surface area contributed by atoms with Crippen molar-refractivity contribution in [2.24, 2.45) is 0 Å². The van der Waals surface area contributed by atoms with E-state index in [0.29, 0.717) is 23.1 Å². The van der Waals surface area contributed by atoms with Crippen molar-refractivity contribution in [3.63, 3.8) is 0 Å². The molecular formula is C16H19N3O4. The number of nitrogens with one attached hydrogen (secondary N) is 1. The van der Waals surface area contributed by atoms with Gasteiger partial charge in [-0.3, -0.25) is 4.79 Å². The summed E-state index contributed by atoms with van der Waals surface area (Å²) in [6, 6.07) is 8.45. The van der Waals surface area contributed by atoms with Gasteiger partial charge in [-0.15, -0.1) is 0 Å². The highest BCUT2D eigenvalue weighted by Crippen LogP contribution is 2.26. The van der Waals surface area contributed by atoms with Gasteiger partial charge in [0.25, 0.3) is 5.91 Å². The second kappa shape index (κ2) is 7.44. The Morgan fingerprint density at radius 1 is 1.09 bits per heavy atom. The lowest BCUT2D eigenvalue weighted by Crippen LogP contribution is -2.30. The van der Waals surface area contributed by atoms with Crippen molar-refractivity contribution in [3.05, 3.63) is 35.9 Å². The molecule has 7 heteroatoms. The molecule has 0 aliphatic heterocycles. The molecule has 0 bridgehead atoms. The predicted molar refractivity (Wildman–Crippen MR) is 84.3 cm³/mol. The number of hydrogen-bond acceptors (Lipinski definition) is 6. The summed E-state index contributed by atoms with van der Waals surface area (Å²) in [4.78, 5) is 20.4. The molecule has 0 fully saturated rings. The van der Waals surface area contributed by atoms with Gasteiger partial charge in [0.1, 0.15) is 5.75 Å². The van der Waals surface area contributed by atoms with E-state index in [4.69, 9.17) is 14.2 Å². The van der Waals surface area contributed by atoms with Crippen LogP contribution in [-0.4, -0.2) is 36.1 Å². The van der Waals surface area contributed by atoms with Crippen LogP contribution in [-0.2, 0) is 0 Å². The van der Waals surface area contributed by atoms with E-state index >= 15 is 0 Å². The Morgan fingerprint density at radius 2 is 1.70 bits per heavy atom. The van der Waals surface area contributed by atoms with E-state index in [1.807, 2.05) is 13.8 Å². The molecule has 0 saturated heterocycles. The quantitative estimate of drug-likeness (QED) is 0.881. The Morgan fingerprint density at radius 3 is 2.26 bits per heavy atom. The average Bonchev–Trinajstić information content (AvgIpc) is 2.54. The number of benzene rings is 1. The van der Waals surface area contributed by atoms with Crippen LogP contribution in [0.2, 0.25) is 0 Å². The third-order valence-electron chi connectivity index (χ3n) is 2.83. The molecule has 0 aliphatic carbocycles. The number of hydrogen-bond donors (Lipinski definition) is 1. The van der Waals surface area contributed by atoms with Crippen molar-refractivity contribution in [1.29, 1.82) is 0 Å². The molecule has 1 heterocycles. The van der Waals surface area contributed by atoms with E-state index in [2.05, 4.69) is 15.3 Å². The molecule has 7 nitrogen and oxygen atoms in total. The number of ether oxygens (including phenoxy) is 3. The smallest absolute Gasteiger partial charge is 0.328 e. The maximum Gasteiger partial charge on any atom is 0.328 e.